The normalized spacial score (nSPS) is 12.9. The van der Waals surface area contributed by atoms with Crippen LogP contribution >= 0.6 is 7.60 Å². The highest BCUT2D eigenvalue weighted by molar-refractivity contribution is 7.54. The number of nitrogens with zero attached hydrogens (tertiary/aromatic N) is 4. The van der Waals surface area contributed by atoms with Gasteiger partial charge in [-0.15, -0.1) is 0 Å². The molecule has 1 unspecified atom stereocenters. The number of imidazole rings is 1. The SMILES string of the molecule is CC(C)OCC(=O)OP(=O)(COC(C)Cn1cnc2c(N)ncnc21)OC(=O)COC(C)C. The van der Waals surface area contributed by atoms with Crippen LogP contribution in [0, 0.1) is 0 Å². The molecule has 0 aliphatic carbocycles. The second kappa shape index (κ2) is 12.0. The fourth-order valence-electron chi connectivity index (χ4n) is 2.48. The monoisotopic (exact) mass is 487 g/mol. The van der Waals surface area contributed by atoms with Crippen LogP contribution in [0.15, 0.2) is 12.7 Å². The van der Waals surface area contributed by atoms with Crippen LogP contribution in [0.5, 0.6) is 0 Å². The van der Waals surface area contributed by atoms with E-state index in [1.165, 1.54) is 12.7 Å². The van der Waals surface area contributed by atoms with Crippen LogP contribution in [0.1, 0.15) is 34.6 Å². The Hall–Kier alpha value is -2.60. The van der Waals surface area contributed by atoms with Crippen molar-refractivity contribution in [2.24, 2.45) is 0 Å². The highest BCUT2D eigenvalue weighted by Crippen LogP contribution is 2.48. The van der Waals surface area contributed by atoms with Crippen LogP contribution in [-0.4, -0.2) is 69.3 Å². The number of nitrogen functional groups attached to an aromatic ring is 1. The molecule has 1 atom stereocenters. The molecule has 2 aromatic heterocycles. The van der Waals surface area contributed by atoms with Gasteiger partial charge in [-0.25, -0.2) is 29.1 Å². The maximum atomic E-state index is 13.1. The van der Waals surface area contributed by atoms with Gasteiger partial charge in [0, 0.05) is 0 Å². The fourth-order valence-corrected chi connectivity index (χ4v) is 3.79. The maximum Gasteiger partial charge on any atom is 0.460 e. The summed E-state index contributed by atoms with van der Waals surface area (Å²) in [6, 6.07) is 0. The Morgan fingerprint density at radius 2 is 1.55 bits per heavy atom. The molecule has 0 aliphatic heterocycles. The van der Waals surface area contributed by atoms with Gasteiger partial charge in [-0.2, -0.15) is 0 Å². The molecule has 2 heterocycles. The number of carbonyl (C=O) groups is 2. The number of aromatic nitrogens is 4. The Kier molecular flexibility index (Phi) is 9.71. The van der Waals surface area contributed by atoms with Crippen LogP contribution in [0.4, 0.5) is 5.82 Å². The molecule has 14 heteroatoms. The lowest BCUT2D eigenvalue weighted by Gasteiger charge is -2.21. The number of rotatable bonds is 13. The van der Waals surface area contributed by atoms with E-state index in [1.807, 2.05) is 0 Å². The van der Waals surface area contributed by atoms with Crippen molar-refractivity contribution in [1.29, 1.82) is 0 Å². The summed E-state index contributed by atoms with van der Waals surface area (Å²) in [5, 5.41) is 0. The maximum absolute atomic E-state index is 13.1. The Morgan fingerprint density at radius 1 is 0.970 bits per heavy atom. The summed E-state index contributed by atoms with van der Waals surface area (Å²) in [5.41, 5.74) is 6.72. The average molecular weight is 487 g/mol. The minimum absolute atomic E-state index is 0.239. The molecule has 0 saturated carbocycles. The molecule has 0 fully saturated rings. The van der Waals surface area contributed by atoms with Crippen LogP contribution in [0.3, 0.4) is 0 Å². The van der Waals surface area contributed by atoms with Gasteiger partial charge in [-0.05, 0) is 34.6 Å². The van der Waals surface area contributed by atoms with Gasteiger partial charge in [-0.1, -0.05) is 0 Å². The quantitative estimate of drug-likeness (QED) is 0.408. The molecule has 33 heavy (non-hydrogen) atoms. The molecule has 2 rings (SSSR count). The predicted octanol–water partition coefficient (Wildman–Crippen LogP) is 1.90. The van der Waals surface area contributed by atoms with E-state index >= 15 is 0 Å². The fraction of sp³-hybridized carbons (Fsp3) is 0.632. The van der Waals surface area contributed by atoms with Crippen molar-refractivity contribution in [2.45, 2.75) is 59.5 Å². The number of anilines is 1. The molecule has 0 spiro atoms. The standard InChI is InChI=1S/C19H30N5O8P/c1-12(2)28-7-15(25)31-33(27,32-16(26)8-29-13(3)4)11-30-14(5)6-24-10-23-17-18(20)21-9-22-19(17)24/h9-10,12-14H,6-8,11H2,1-5H3,(H2,20,21,22). The first-order valence-electron chi connectivity index (χ1n) is 10.3. The van der Waals surface area contributed by atoms with Crippen LogP contribution in [0.25, 0.3) is 11.2 Å². The molecule has 13 nitrogen and oxygen atoms in total. The van der Waals surface area contributed by atoms with Crippen molar-refractivity contribution in [3.8, 4) is 0 Å². The van der Waals surface area contributed by atoms with Gasteiger partial charge in [0.05, 0.1) is 31.2 Å². The molecule has 2 aromatic rings. The van der Waals surface area contributed by atoms with Crippen molar-refractivity contribution in [1.82, 2.24) is 19.5 Å². The molecule has 0 saturated heterocycles. The van der Waals surface area contributed by atoms with E-state index in [2.05, 4.69) is 15.0 Å². The lowest BCUT2D eigenvalue weighted by molar-refractivity contribution is -0.146. The zero-order valence-electron chi connectivity index (χ0n) is 19.3. The van der Waals surface area contributed by atoms with Crippen LogP contribution in [0.2, 0.25) is 0 Å². The summed E-state index contributed by atoms with van der Waals surface area (Å²) in [6.07, 6.45) is 1.12. The third kappa shape index (κ3) is 8.69. The summed E-state index contributed by atoms with van der Waals surface area (Å²) in [6.45, 7) is 7.91. The van der Waals surface area contributed by atoms with Crippen molar-refractivity contribution in [3.05, 3.63) is 12.7 Å². The summed E-state index contributed by atoms with van der Waals surface area (Å²) < 4.78 is 40.6. The molecule has 0 aliphatic rings. The summed E-state index contributed by atoms with van der Waals surface area (Å²) >= 11 is 0. The number of nitrogens with two attached hydrogens (primary N) is 1. The third-order valence-electron chi connectivity index (χ3n) is 3.95. The molecule has 184 valence electrons. The number of hydrogen-bond donors (Lipinski definition) is 1. The first-order chi connectivity index (χ1) is 15.5. The van der Waals surface area contributed by atoms with Gasteiger partial charge in [-0.3, -0.25) is 0 Å². The molecule has 0 aromatic carbocycles. The van der Waals surface area contributed by atoms with Gasteiger partial charge in [0.2, 0.25) is 0 Å². The van der Waals surface area contributed by atoms with Crippen LogP contribution in [-0.2, 0) is 44.0 Å². The second-order valence-electron chi connectivity index (χ2n) is 7.69. The van der Waals surface area contributed by atoms with Gasteiger partial charge >= 0.3 is 19.5 Å². The molecular weight excluding hydrogens is 457 g/mol. The van der Waals surface area contributed by atoms with Crippen molar-refractivity contribution in [2.75, 3.05) is 25.3 Å². The van der Waals surface area contributed by atoms with Gasteiger partial charge < -0.3 is 33.6 Å². The molecule has 2 N–H and O–H groups in total. The molecule has 0 radical (unpaired) electrons. The first kappa shape index (κ1) is 26.7. The Morgan fingerprint density at radius 3 is 2.09 bits per heavy atom. The van der Waals surface area contributed by atoms with E-state index in [0.29, 0.717) is 11.2 Å². The number of fused-ring (bicyclic) bond motifs is 1. The highest BCUT2D eigenvalue weighted by Gasteiger charge is 2.34. The lowest BCUT2D eigenvalue weighted by Crippen LogP contribution is -2.23. The number of ether oxygens (including phenoxy) is 3. The number of hydrogen-bond acceptors (Lipinski definition) is 12. The van der Waals surface area contributed by atoms with Gasteiger partial charge in [0.15, 0.2) is 17.8 Å². The largest absolute Gasteiger partial charge is 0.460 e. The smallest absolute Gasteiger partial charge is 0.382 e. The molecule has 0 bridgehead atoms. The van der Waals surface area contributed by atoms with Crippen molar-refractivity contribution < 1.29 is 37.4 Å². The van der Waals surface area contributed by atoms with E-state index in [0.717, 1.165) is 0 Å². The summed E-state index contributed by atoms with van der Waals surface area (Å²) in [4.78, 5) is 36.3. The van der Waals surface area contributed by atoms with Gasteiger partial charge in [0.1, 0.15) is 25.1 Å². The average Bonchev–Trinajstić information content (AvgIpc) is 3.13. The number of carbonyl (C=O) groups excluding carboxylic acids is 2. The van der Waals surface area contributed by atoms with E-state index < -0.39 is 45.2 Å². The zero-order valence-corrected chi connectivity index (χ0v) is 20.2. The first-order valence-corrected chi connectivity index (χ1v) is 12.0. The van der Waals surface area contributed by atoms with Gasteiger partial charge in [0.25, 0.3) is 0 Å². The van der Waals surface area contributed by atoms with E-state index in [-0.39, 0.29) is 24.6 Å². The topological polar surface area (TPSA) is 167 Å². The predicted molar refractivity (Wildman–Crippen MR) is 117 cm³/mol. The van der Waals surface area contributed by atoms with E-state index in [9.17, 15) is 14.2 Å². The summed E-state index contributed by atoms with van der Waals surface area (Å²) in [7, 11) is -4.30. The third-order valence-corrected chi connectivity index (χ3v) is 5.38. The Labute approximate surface area is 191 Å². The molecular formula is C19H30N5O8P. The molecule has 0 amide bonds. The Balaban J connectivity index is 2.03. The minimum atomic E-state index is -4.30. The zero-order chi connectivity index (χ0) is 24.6. The highest BCUT2D eigenvalue weighted by atomic mass is 31.2. The van der Waals surface area contributed by atoms with E-state index in [4.69, 9.17) is 29.0 Å². The Bertz CT molecular complexity index is 966. The van der Waals surface area contributed by atoms with Crippen molar-refractivity contribution >= 4 is 36.5 Å². The minimum Gasteiger partial charge on any atom is -0.382 e. The van der Waals surface area contributed by atoms with E-state index in [1.54, 1.807) is 39.2 Å². The van der Waals surface area contributed by atoms with Crippen LogP contribution < -0.4 is 5.73 Å². The second-order valence-corrected chi connectivity index (χ2v) is 9.54. The summed E-state index contributed by atoms with van der Waals surface area (Å²) in [5.74, 6) is -1.66. The lowest BCUT2D eigenvalue weighted by atomic mass is 10.4. The van der Waals surface area contributed by atoms with Crippen molar-refractivity contribution in [3.63, 3.8) is 0 Å².